The first-order chi connectivity index (χ1) is 12.5. The second-order valence-electron chi connectivity index (χ2n) is 7.92. The van der Waals surface area contributed by atoms with Crippen LogP contribution in [0.15, 0.2) is 6.07 Å². The number of amides is 2. The molecule has 1 saturated heterocycles. The van der Waals surface area contributed by atoms with Crippen molar-refractivity contribution in [2.75, 3.05) is 13.1 Å². The van der Waals surface area contributed by atoms with Gasteiger partial charge in [-0.3, -0.25) is 9.59 Å². The molecule has 1 aliphatic heterocycles. The van der Waals surface area contributed by atoms with Crippen LogP contribution in [0.3, 0.4) is 0 Å². The van der Waals surface area contributed by atoms with Crippen LogP contribution < -0.4 is 5.73 Å². The minimum Gasteiger partial charge on any atom is -0.364 e. The number of aromatic nitrogens is 2. The molecule has 6 heteroatoms. The molecule has 1 aromatic rings. The molecule has 3 rings (SSSR count). The molecular formula is C20H30N4O2. The number of primary amides is 1. The van der Waals surface area contributed by atoms with Crippen LogP contribution in [0.1, 0.15) is 73.4 Å². The van der Waals surface area contributed by atoms with Crippen molar-refractivity contribution < 1.29 is 9.59 Å². The summed E-state index contributed by atoms with van der Waals surface area (Å²) in [6, 6.07) is 1.69. The van der Waals surface area contributed by atoms with E-state index in [0.717, 1.165) is 38.0 Å². The molecule has 1 atom stereocenters. The van der Waals surface area contributed by atoms with E-state index >= 15 is 0 Å². The zero-order chi connectivity index (χ0) is 18.5. The van der Waals surface area contributed by atoms with E-state index in [4.69, 9.17) is 5.73 Å². The first-order valence-corrected chi connectivity index (χ1v) is 9.93. The fourth-order valence-electron chi connectivity index (χ4n) is 4.38. The fraction of sp³-hybridized carbons (Fsp3) is 0.700. The van der Waals surface area contributed by atoms with Gasteiger partial charge < -0.3 is 10.6 Å². The third kappa shape index (κ3) is 5.02. The van der Waals surface area contributed by atoms with Crippen molar-refractivity contribution >= 4 is 11.8 Å². The minimum atomic E-state index is -0.523. The molecule has 2 aliphatic rings. The summed E-state index contributed by atoms with van der Waals surface area (Å²) >= 11 is 0. The Balaban J connectivity index is 1.58. The summed E-state index contributed by atoms with van der Waals surface area (Å²) in [7, 11) is 0. The highest BCUT2D eigenvalue weighted by atomic mass is 16.2. The Morgan fingerprint density at radius 1 is 1.12 bits per heavy atom. The maximum atomic E-state index is 12.7. The molecule has 2 fully saturated rings. The van der Waals surface area contributed by atoms with Gasteiger partial charge >= 0.3 is 0 Å². The van der Waals surface area contributed by atoms with Gasteiger partial charge in [0, 0.05) is 25.2 Å². The van der Waals surface area contributed by atoms with Gasteiger partial charge in [-0.25, -0.2) is 9.97 Å². The number of hydrogen-bond acceptors (Lipinski definition) is 4. The van der Waals surface area contributed by atoms with Crippen LogP contribution >= 0.6 is 0 Å². The summed E-state index contributed by atoms with van der Waals surface area (Å²) in [6.07, 6.45) is 9.88. The Kier molecular flexibility index (Phi) is 6.22. The normalized spacial score (nSPS) is 21.6. The lowest BCUT2D eigenvalue weighted by atomic mass is 9.86. The van der Waals surface area contributed by atoms with Gasteiger partial charge in [0.05, 0.1) is 0 Å². The number of nitrogens with two attached hydrogens (primary N) is 1. The van der Waals surface area contributed by atoms with E-state index in [0.29, 0.717) is 30.0 Å². The molecule has 6 nitrogen and oxygen atoms in total. The number of nitrogens with zero attached hydrogens (tertiary/aromatic N) is 3. The Labute approximate surface area is 155 Å². The van der Waals surface area contributed by atoms with Crippen LogP contribution in [0.4, 0.5) is 0 Å². The van der Waals surface area contributed by atoms with Crippen molar-refractivity contribution in [3.05, 3.63) is 23.3 Å². The summed E-state index contributed by atoms with van der Waals surface area (Å²) in [5.74, 6) is 1.33. The number of likely N-dealkylation sites (tertiary alicyclic amines) is 1. The Morgan fingerprint density at radius 2 is 1.85 bits per heavy atom. The van der Waals surface area contributed by atoms with Crippen molar-refractivity contribution in [1.29, 1.82) is 0 Å². The number of piperidine rings is 1. The number of aryl methyl sites for hydroxylation is 1. The molecule has 142 valence electrons. The summed E-state index contributed by atoms with van der Waals surface area (Å²) in [6.45, 7) is 3.44. The number of carbonyl (C=O) groups excluding carboxylic acids is 2. The van der Waals surface area contributed by atoms with E-state index in [2.05, 4.69) is 9.97 Å². The first kappa shape index (κ1) is 18.8. The fourth-order valence-corrected chi connectivity index (χ4v) is 4.38. The third-order valence-electron chi connectivity index (χ3n) is 5.70. The zero-order valence-electron chi connectivity index (χ0n) is 15.7. The van der Waals surface area contributed by atoms with Crippen LogP contribution in [0.5, 0.6) is 0 Å². The quantitative estimate of drug-likeness (QED) is 0.876. The smallest absolute Gasteiger partial charge is 0.267 e. The van der Waals surface area contributed by atoms with Crippen LogP contribution in [0, 0.1) is 18.8 Å². The van der Waals surface area contributed by atoms with Crippen molar-refractivity contribution in [3.63, 3.8) is 0 Å². The molecule has 0 aromatic carbocycles. The molecule has 26 heavy (non-hydrogen) atoms. The molecule has 0 radical (unpaired) electrons. The second kappa shape index (κ2) is 8.60. The SMILES string of the molecule is Cc1nc(CC2CCCN(C(=O)CC3CCCCC3)C2)cc(C(N)=O)n1. The molecular weight excluding hydrogens is 328 g/mol. The zero-order valence-corrected chi connectivity index (χ0v) is 15.7. The maximum absolute atomic E-state index is 12.7. The summed E-state index contributed by atoms with van der Waals surface area (Å²) in [5.41, 5.74) is 6.47. The van der Waals surface area contributed by atoms with Gasteiger partial charge in [-0.1, -0.05) is 19.3 Å². The largest absolute Gasteiger partial charge is 0.364 e. The van der Waals surface area contributed by atoms with Gasteiger partial charge in [-0.15, -0.1) is 0 Å². The summed E-state index contributed by atoms with van der Waals surface area (Å²) < 4.78 is 0. The Morgan fingerprint density at radius 3 is 2.58 bits per heavy atom. The lowest BCUT2D eigenvalue weighted by Gasteiger charge is -2.34. The average Bonchev–Trinajstić information content (AvgIpc) is 2.62. The van der Waals surface area contributed by atoms with Crippen molar-refractivity contribution in [2.45, 2.75) is 64.7 Å². The summed E-state index contributed by atoms with van der Waals surface area (Å²) in [5, 5.41) is 0. The van der Waals surface area contributed by atoms with Crippen molar-refractivity contribution in [3.8, 4) is 0 Å². The monoisotopic (exact) mass is 358 g/mol. The standard InChI is InChI=1S/C20H30N4O2/c1-14-22-17(12-18(23-14)20(21)26)10-16-8-5-9-24(13-16)19(25)11-15-6-3-2-4-7-15/h12,15-16H,2-11,13H2,1H3,(H2,21,26). The van der Waals surface area contributed by atoms with Gasteiger partial charge in [0.15, 0.2) is 0 Å². The van der Waals surface area contributed by atoms with E-state index < -0.39 is 5.91 Å². The van der Waals surface area contributed by atoms with Gasteiger partial charge in [0.1, 0.15) is 11.5 Å². The third-order valence-corrected chi connectivity index (χ3v) is 5.70. The highest BCUT2D eigenvalue weighted by molar-refractivity contribution is 5.90. The molecule has 1 aromatic heterocycles. The molecule has 1 unspecified atom stereocenters. The average molecular weight is 358 g/mol. The predicted molar refractivity (Wildman–Crippen MR) is 99.5 cm³/mol. The van der Waals surface area contributed by atoms with E-state index in [1.54, 1.807) is 13.0 Å². The number of carbonyl (C=O) groups is 2. The Hall–Kier alpha value is -1.98. The van der Waals surface area contributed by atoms with E-state index in [9.17, 15) is 9.59 Å². The molecule has 2 amide bonds. The predicted octanol–water partition coefficient (Wildman–Crippen LogP) is 2.64. The lowest BCUT2D eigenvalue weighted by molar-refractivity contribution is -0.134. The number of hydrogen-bond donors (Lipinski definition) is 1. The van der Waals surface area contributed by atoms with Gasteiger partial charge in [-0.2, -0.15) is 0 Å². The highest BCUT2D eigenvalue weighted by Crippen LogP contribution is 2.28. The van der Waals surface area contributed by atoms with E-state index in [-0.39, 0.29) is 5.69 Å². The molecule has 0 spiro atoms. The van der Waals surface area contributed by atoms with Gasteiger partial charge in [0.25, 0.3) is 5.91 Å². The molecule has 1 aliphatic carbocycles. The summed E-state index contributed by atoms with van der Waals surface area (Å²) in [4.78, 5) is 34.7. The van der Waals surface area contributed by atoms with Crippen LogP contribution in [0.2, 0.25) is 0 Å². The van der Waals surface area contributed by atoms with Crippen molar-refractivity contribution in [1.82, 2.24) is 14.9 Å². The second-order valence-corrected chi connectivity index (χ2v) is 7.92. The Bertz CT molecular complexity index is 655. The van der Waals surface area contributed by atoms with Crippen LogP contribution in [-0.2, 0) is 11.2 Å². The molecule has 0 bridgehead atoms. The van der Waals surface area contributed by atoms with Gasteiger partial charge in [-0.05, 0) is 56.9 Å². The van der Waals surface area contributed by atoms with Crippen LogP contribution in [0.25, 0.3) is 0 Å². The van der Waals surface area contributed by atoms with Crippen LogP contribution in [-0.4, -0.2) is 39.8 Å². The molecule has 2 heterocycles. The first-order valence-electron chi connectivity index (χ1n) is 9.93. The molecule has 2 N–H and O–H groups in total. The van der Waals surface area contributed by atoms with Crippen molar-refractivity contribution in [2.24, 2.45) is 17.6 Å². The minimum absolute atomic E-state index is 0.272. The van der Waals surface area contributed by atoms with Gasteiger partial charge in [0.2, 0.25) is 5.91 Å². The van der Waals surface area contributed by atoms with E-state index in [1.165, 1.54) is 32.1 Å². The number of rotatable bonds is 5. The maximum Gasteiger partial charge on any atom is 0.267 e. The molecule has 1 saturated carbocycles. The van der Waals surface area contributed by atoms with E-state index in [1.807, 2.05) is 4.90 Å². The lowest BCUT2D eigenvalue weighted by Crippen LogP contribution is -2.41. The highest BCUT2D eigenvalue weighted by Gasteiger charge is 2.26. The topological polar surface area (TPSA) is 89.2 Å².